The first-order valence-electron chi connectivity index (χ1n) is 17.0. The van der Waals surface area contributed by atoms with Crippen LogP contribution in [0.25, 0.3) is 40.0 Å². The number of halogens is 2. The van der Waals surface area contributed by atoms with Gasteiger partial charge in [0.15, 0.2) is 0 Å². The average molecular weight is 765 g/mol. The number of hydrogen-bond donors (Lipinski definition) is 0. The third-order valence-electron chi connectivity index (χ3n) is 10.7. The molecule has 1 aliphatic heterocycles. The van der Waals surface area contributed by atoms with Gasteiger partial charge in [-0.3, -0.25) is 4.40 Å². The predicted octanol–water partition coefficient (Wildman–Crippen LogP) is 8.86. The average Bonchev–Trinajstić information content (AvgIpc) is 3.76. The molecule has 48 heavy (non-hydrogen) atoms. The molecule has 4 atom stereocenters. The molecule has 9 rings (SSSR count). The van der Waals surface area contributed by atoms with Crippen molar-refractivity contribution in [3.8, 4) is 0 Å². The van der Waals surface area contributed by atoms with Crippen LogP contribution in [0.3, 0.4) is 0 Å². The molecule has 3 aromatic heterocycles. The van der Waals surface area contributed by atoms with Crippen molar-refractivity contribution in [1.82, 2.24) is 23.5 Å². The van der Waals surface area contributed by atoms with Gasteiger partial charge < -0.3 is 14.0 Å². The van der Waals surface area contributed by atoms with Crippen LogP contribution in [0.15, 0.2) is 94.2 Å². The largest absolute Gasteiger partial charge is 0.305 e. The lowest BCUT2D eigenvalue weighted by Crippen LogP contribution is -2.44. The maximum absolute atomic E-state index is 5.30. The van der Waals surface area contributed by atoms with Gasteiger partial charge in [0.1, 0.15) is 0 Å². The third-order valence-corrected chi connectivity index (χ3v) is 12.2. The van der Waals surface area contributed by atoms with Crippen molar-refractivity contribution in [2.75, 3.05) is 4.90 Å². The van der Waals surface area contributed by atoms with Gasteiger partial charge in [0.25, 0.3) is 0 Å². The molecular formula is C40H40Br2N6. The summed E-state index contributed by atoms with van der Waals surface area (Å²) in [5, 5.41) is 2.39. The summed E-state index contributed by atoms with van der Waals surface area (Å²) in [6, 6.07) is 17.3. The molecule has 0 bridgehead atoms. The summed E-state index contributed by atoms with van der Waals surface area (Å²) in [6.07, 6.45) is 16.4. The van der Waals surface area contributed by atoms with E-state index in [1.54, 1.807) is 0 Å². The molecule has 4 unspecified atom stereocenters. The van der Waals surface area contributed by atoms with E-state index in [1.165, 1.54) is 33.1 Å². The lowest BCUT2D eigenvalue weighted by molar-refractivity contribution is 0.477. The van der Waals surface area contributed by atoms with Crippen molar-refractivity contribution in [2.45, 2.75) is 77.3 Å². The summed E-state index contributed by atoms with van der Waals surface area (Å²) in [6.45, 7) is 13.8. The van der Waals surface area contributed by atoms with Crippen molar-refractivity contribution in [1.29, 1.82) is 0 Å². The summed E-state index contributed by atoms with van der Waals surface area (Å²) in [5.41, 5.74) is 8.65. The minimum Gasteiger partial charge on any atom is -0.305 e. The topological polar surface area (TPSA) is 43.3 Å². The van der Waals surface area contributed by atoms with Gasteiger partial charge in [0, 0.05) is 10.2 Å². The van der Waals surface area contributed by atoms with Gasteiger partial charge >= 0.3 is 0 Å². The molecule has 0 N–H and O–H groups in total. The number of allylic oxidation sites excluding steroid dienone is 8. The molecule has 2 aromatic carbocycles. The van der Waals surface area contributed by atoms with Crippen LogP contribution in [0.1, 0.15) is 66.5 Å². The number of nitrogens with zero attached hydrogens (tertiary/aromatic N) is 6. The molecule has 0 saturated heterocycles. The molecule has 0 saturated carbocycles. The van der Waals surface area contributed by atoms with E-state index < -0.39 is 0 Å². The van der Waals surface area contributed by atoms with E-state index in [4.69, 9.17) is 9.97 Å². The van der Waals surface area contributed by atoms with Crippen molar-refractivity contribution in [3.05, 3.63) is 105 Å². The normalized spacial score (nSPS) is 24.0. The highest BCUT2D eigenvalue weighted by atomic mass is 79.9. The second-order valence-electron chi connectivity index (χ2n) is 15.7. The van der Waals surface area contributed by atoms with Crippen LogP contribution < -0.4 is 15.6 Å². The number of para-hydroxylation sites is 4. The van der Waals surface area contributed by atoms with Crippen molar-refractivity contribution < 1.29 is 0 Å². The summed E-state index contributed by atoms with van der Waals surface area (Å²) >= 11 is 8.16. The molecule has 244 valence electrons. The summed E-state index contributed by atoms with van der Waals surface area (Å²) in [5.74, 6) is 1.98. The van der Waals surface area contributed by atoms with E-state index in [9.17, 15) is 0 Å². The zero-order valence-electron chi connectivity index (χ0n) is 28.2. The van der Waals surface area contributed by atoms with Crippen LogP contribution in [0.2, 0.25) is 0 Å². The maximum atomic E-state index is 5.30. The van der Waals surface area contributed by atoms with E-state index in [0.717, 1.165) is 45.6 Å². The van der Waals surface area contributed by atoms with Crippen LogP contribution in [-0.4, -0.2) is 34.4 Å². The number of alkyl halides is 1. The zero-order valence-corrected chi connectivity index (χ0v) is 31.4. The number of fused-ring (bicyclic) bond motifs is 10. The van der Waals surface area contributed by atoms with E-state index in [1.807, 2.05) is 0 Å². The van der Waals surface area contributed by atoms with E-state index >= 15 is 0 Å². The van der Waals surface area contributed by atoms with Crippen LogP contribution >= 0.6 is 31.9 Å². The Morgan fingerprint density at radius 3 is 2.10 bits per heavy atom. The number of anilines is 1. The van der Waals surface area contributed by atoms with E-state index in [2.05, 4.69) is 177 Å². The summed E-state index contributed by atoms with van der Waals surface area (Å²) in [7, 11) is 0. The predicted molar refractivity (Wildman–Crippen MR) is 205 cm³/mol. The number of imidazole rings is 3. The fourth-order valence-corrected chi connectivity index (χ4v) is 9.52. The van der Waals surface area contributed by atoms with Gasteiger partial charge in [-0.15, -0.1) is 0 Å². The zero-order chi connectivity index (χ0) is 33.3. The molecule has 4 heterocycles. The standard InChI is InChI=1S/C40H40Br2N6/c1-39(2,3)23-15-17-29(25(41)19-23)45-33-21-36-34(22-35(33)47-31-13-9-7-11-27(31)43-37(45)47)46(30-18-16-24(20-26(30)42)40(4,5)6)38-44-28-12-8-10-14-32(28)48(36)38/h7-15,17,19-22,25,29,34,36H,16,18H2,1-6H3. The van der Waals surface area contributed by atoms with Gasteiger partial charge in [-0.05, 0) is 87.7 Å². The molecule has 4 aliphatic rings. The van der Waals surface area contributed by atoms with Crippen molar-refractivity contribution in [3.63, 3.8) is 0 Å². The molecule has 6 nitrogen and oxygen atoms in total. The van der Waals surface area contributed by atoms with Gasteiger partial charge in [0.2, 0.25) is 11.7 Å². The van der Waals surface area contributed by atoms with Gasteiger partial charge in [-0.1, -0.05) is 106 Å². The Bertz CT molecular complexity index is 2430. The van der Waals surface area contributed by atoms with Gasteiger partial charge in [0.05, 0.1) is 55.7 Å². The Kier molecular flexibility index (Phi) is 6.62. The Labute approximate surface area is 297 Å². The van der Waals surface area contributed by atoms with Crippen molar-refractivity contribution in [2.24, 2.45) is 10.8 Å². The molecule has 5 aromatic rings. The molecule has 0 spiro atoms. The van der Waals surface area contributed by atoms with Crippen molar-refractivity contribution >= 4 is 77.8 Å². The molecule has 0 radical (unpaired) electrons. The first kappa shape index (κ1) is 30.4. The molecule has 8 heteroatoms. The maximum Gasteiger partial charge on any atom is 0.216 e. The fraction of sp³-hybridized carbons (Fsp3) is 0.350. The third kappa shape index (κ3) is 4.40. The second-order valence-corrected chi connectivity index (χ2v) is 17.6. The lowest BCUT2D eigenvalue weighted by atomic mass is 9.81. The van der Waals surface area contributed by atoms with Gasteiger partial charge in [-0.2, -0.15) is 0 Å². The minimum atomic E-state index is 0.0611. The van der Waals surface area contributed by atoms with Crippen LogP contribution in [0.5, 0.6) is 0 Å². The van der Waals surface area contributed by atoms with E-state index in [-0.39, 0.29) is 33.8 Å². The van der Waals surface area contributed by atoms with Crippen LogP contribution in [0, 0.1) is 10.8 Å². The number of rotatable bonds is 2. The van der Waals surface area contributed by atoms with Gasteiger partial charge in [-0.25, -0.2) is 9.97 Å². The number of hydrogen-bond acceptors (Lipinski definition) is 3. The lowest BCUT2D eigenvalue weighted by Gasteiger charge is -2.34. The summed E-state index contributed by atoms with van der Waals surface area (Å²) in [4.78, 5) is 13.2. The Balaban J connectivity index is 1.32. The molecule has 0 amide bonds. The fourth-order valence-electron chi connectivity index (χ4n) is 8.15. The Morgan fingerprint density at radius 2 is 1.42 bits per heavy atom. The first-order chi connectivity index (χ1) is 22.9. The van der Waals surface area contributed by atoms with Crippen LogP contribution in [0.4, 0.5) is 5.95 Å². The molecular weight excluding hydrogens is 724 g/mol. The minimum absolute atomic E-state index is 0.0611. The summed E-state index contributed by atoms with van der Waals surface area (Å²) < 4.78 is 8.47. The SMILES string of the molecule is CC(C)(C)C1=CC(Br)C(n2c3c(n4c5ccccc5nc24)=CC2C(C=3)n3c(nc4ccccc43)N2C2=C(Br)C=C(C(C)(C)C)CC2)C=C1. The smallest absolute Gasteiger partial charge is 0.216 e. The second kappa shape index (κ2) is 10.4. The monoisotopic (exact) mass is 762 g/mol. The first-order valence-corrected chi connectivity index (χ1v) is 18.7. The molecule has 0 fully saturated rings. The number of aromatic nitrogens is 5. The number of benzene rings is 2. The molecule has 3 aliphatic carbocycles. The highest BCUT2D eigenvalue weighted by Gasteiger charge is 2.44. The van der Waals surface area contributed by atoms with E-state index in [0.29, 0.717) is 0 Å². The Hall–Kier alpha value is -3.62. The Morgan fingerprint density at radius 1 is 0.729 bits per heavy atom. The highest BCUT2D eigenvalue weighted by Crippen LogP contribution is 2.47. The quantitative estimate of drug-likeness (QED) is 0.169. The van der Waals surface area contributed by atoms with Crippen LogP contribution in [-0.2, 0) is 0 Å². The highest BCUT2D eigenvalue weighted by molar-refractivity contribution is 9.12.